The summed E-state index contributed by atoms with van der Waals surface area (Å²) in [6.07, 6.45) is 0.322. The molecule has 0 radical (unpaired) electrons. The highest BCUT2D eigenvalue weighted by Crippen LogP contribution is 2.17. The molecule has 0 aliphatic carbocycles. The summed E-state index contributed by atoms with van der Waals surface area (Å²) in [6, 6.07) is 5.90. The molecule has 0 bridgehead atoms. The first-order valence-corrected chi connectivity index (χ1v) is 11.5. The Morgan fingerprint density at radius 3 is 2.76 bits per heavy atom. The number of nitrogens with zero attached hydrogens (tertiary/aromatic N) is 1. The summed E-state index contributed by atoms with van der Waals surface area (Å²) in [6.45, 7) is 5.00. The van der Waals surface area contributed by atoms with Gasteiger partial charge in [-0.2, -0.15) is 0 Å². The van der Waals surface area contributed by atoms with E-state index in [0.717, 1.165) is 0 Å². The molecule has 162 valence electrons. The second-order valence-electron chi connectivity index (χ2n) is 6.92. The maximum absolute atomic E-state index is 13.6. The topological polar surface area (TPSA) is 109 Å². The van der Waals surface area contributed by atoms with Crippen LogP contribution in [-0.2, 0) is 14.6 Å². The number of ether oxygens (including phenoxy) is 1. The van der Waals surface area contributed by atoms with Crippen LogP contribution in [0.5, 0.6) is 5.75 Å². The van der Waals surface area contributed by atoms with E-state index >= 15 is 0 Å². The molecule has 1 aliphatic heterocycles. The number of para-hydroxylation sites is 1. The molecule has 1 aromatic rings. The highest BCUT2D eigenvalue weighted by molar-refractivity contribution is 7.91. The number of nitrogens with one attached hydrogen (secondary N) is 3. The molecular weight excluding hydrogens is 399 g/mol. The first-order valence-electron chi connectivity index (χ1n) is 9.72. The molecule has 8 nitrogen and oxygen atoms in total. The maximum Gasteiger partial charge on any atom is 0.222 e. The fraction of sp³-hybridized carbons (Fsp3) is 0.579. The van der Waals surface area contributed by atoms with Crippen molar-refractivity contribution in [1.82, 2.24) is 16.0 Å². The van der Waals surface area contributed by atoms with Crippen LogP contribution < -0.4 is 20.7 Å². The summed E-state index contributed by atoms with van der Waals surface area (Å²) < 4.78 is 42.1. The van der Waals surface area contributed by atoms with Crippen molar-refractivity contribution in [3.8, 4) is 5.75 Å². The number of carbonyl (C=O) groups excluding carboxylic acids is 1. The lowest BCUT2D eigenvalue weighted by Crippen LogP contribution is -2.41. The lowest BCUT2D eigenvalue weighted by atomic mass is 10.2. The van der Waals surface area contributed by atoms with Gasteiger partial charge in [-0.05, 0) is 32.4 Å². The number of sulfone groups is 1. The molecule has 0 spiro atoms. The van der Waals surface area contributed by atoms with Crippen molar-refractivity contribution in [2.24, 2.45) is 4.99 Å². The highest BCUT2D eigenvalue weighted by atomic mass is 32.2. The summed E-state index contributed by atoms with van der Waals surface area (Å²) in [5.41, 5.74) is 0. The van der Waals surface area contributed by atoms with Crippen LogP contribution in [0.2, 0.25) is 0 Å². The lowest BCUT2D eigenvalue weighted by molar-refractivity contribution is -0.121. The predicted octanol–water partition coefficient (Wildman–Crippen LogP) is 0.842. The van der Waals surface area contributed by atoms with Crippen molar-refractivity contribution >= 4 is 21.7 Å². The number of hydrogen-bond donors (Lipinski definition) is 3. The van der Waals surface area contributed by atoms with Crippen LogP contribution >= 0.6 is 0 Å². The minimum atomic E-state index is -3.02. The summed E-state index contributed by atoms with van der Waals surface area (Å²) in [5, 5.41) is 8.87. The smallest absolute Gasteiger partial charge is 0.222 e. The molecule has 1 amide bonds. The Hall–Kier alpha value is -2.36. The van der Waals surface area contributed by atoms with E-state index < -0.39 is 15.7 Å². The number of benzene rings is 1. The van der Waals surface area contributed by atoms with Crippen molar-refractivity contribution < 1.29 is 22.3 Å². The number of amides is 1. The molecule has 1 aliphatic rings. The van der Waals surface area contributed by atoms with Gasteiger partial charge in [0, 0.05) is 25.6 Å². The lowest BCUT2D eigenvalue weighted by Gasteiger charge is -2.16. The van der Waals surface area contributed by atoms with Crippen molar-refractivity contribution in [2.45, 2.75) is 38.8 Å². The fourth-order valence-corrected chi connectivity index (χ4v) is 4.53. The second-order valence-corrected chi connectivity index (χ2v) is 9.15. The molecule has 0 saturated carbocycles. The number of rotatable bonds is 9. The average molecular weight is 429 g/mol. The van der Waals surface area contributed by atoms with Crippen LogP contribution in [0.1, 0.15) is 26.7 Å². The van der Waals surface area contributed by atoms with Gasteiger partial charge in [0.2, 0.25) is 5.91 Å². The number of aliphatic imine (C=N–C) groups is 1. The summed E-state index contributed by atoms with van der Waals surface area (Å²) in [7, 11) is -3.02. The van der Waals surface area contributed by atoms with Gasteiger partial charge < -0.3 is 20.7 Å². The van der Waals surface area contributed by atoms with Crippen LogP contribution in [0.4, 0.5) is 4.39 Å². The first-order chi connectivity index (χ1) is 13.8. The van der Waals surface area contributed by atoms with Crippen LogP contribution in [0, 0.1) is 5.82 Å². The number of guanidine groups is 1. The Morgan fingerprint density at radius 2 is 2.10 bits per heavy atom. The van der Waals surface area contributed by atoms with Gasteiger partial charge in [0.15, 0.2) is 27.4 Å². The fourth-order valence-electron chi connectivity index (χ4n) is 2.86. The molecule has 0 aromatic heterocycles. The SMILES string of the molecule is CCNC(=NCC(C)Oc1ccccc1F)NCCC(=O)NC1CCS(=O)(=O)C1. The molecule has 1 saturated heterocycles. The highest BCUT2D eigenvalue weighted by Gasteiger charge is 2.28. The van der Waals surface area contributed by atoms with Crippen molar-refractivity contribution in [3.05, 3.63) is 30.1 Å². The Kier molecular flexibility index (Phi) is 8.69. The van der Waals surface area contributed by atoms with E-state index in [1.165, 1.54) is 6.07 Å². The average Bonchev–Trinajstić information content (AvgIpc) is 3.00. The monoisotopic (exact) mass is 428 g/mol. The van der Waals surface area contributed by atoms with Gasteiger partial charge in [0.1, 0.15) is 6.10 Å². The third-order valence-corrected chi connectivity index (χ3v) is 6.03. The third-order valence-electron chi connectivity index (χ3n) is 4.26. The van der Waals surface area contributed by atoms with Gasteiger partial charge in [0.25, 0.3) is 0 Å². The van der Waals surface area contributed by atoms with E-state index in [4.69, 9.17) is 4.74 Å². The van der Waals surface area contributed by atoms with Crippen LogP contribution in [0.15, 0.2) is 29.3 Å². The number of halogens is 1. The molecule has 2 atom stereocenters. The van der Waals surface area contributed by atoms with Gasteiger partial charge in [-0.25, -0.2) is 17.8 Å². The van der Waals surface area contributed by atoms with Gasteiger partial charge in [-0.15, -0.1) is 0 Å². The van der Waals surface area contributed by atoms with Gasteiger partial charge in [-0.1, -0.05) is 12.1 Å². The van der Waals surface area contributed by atoms with Gasteiger partial charge in [-0.3, -0.25) is 4.79 Å². The summed E-state index contributed by atoms with van der Waals surface area (Å²) in [4.78, 5) is 16.4. The Morgan fingerprint density at radius 1 is 1.34 bits per heavy atom. The molecular formula is C19H29FN4O4S. The van der Waals surface area contributed by atoms with E-state index in [0.29, 0.717) is 32.0 Å². The molecule has 10 heteroatoms. The molecule has 29 heavy (non-hydrogen) atoms. The van der Waals surface area contributed by atoms with Crippen LogP contribution in [-0.4, -0.2) is 63.6 Å². The zero-order chi connectivity index (χ0) is 21.3. The summed E-state index contributed by atoms with van der Waals surface area (Å²) in [5.74, 6) is 0.212. The number of hydrogen-bond acceptors (Lipinski definition) is 5. The molecule has 1 fully saturated rings. The molecule has 2 rings (SSSR count). The van der Waals surface area contributed by atoms with Crippen molar-refractivity contribution in [2.75, 3.05) is 31.1 Å². The molecule has 1 aromatic carbocycles. The van der Waals surface area contributed by atoms with E-state index in [1.54, 1.807) is 25.1 Å². The van der Waals surface area contributed by atoms with Crippen molar-refractivity contribution in [3.63, 3.8) is 0 Å². The first kappa shape index (κ1) is 22.9. The van der Waals surface area contributed by atoms with E-state index in [2.05, 4.69) is 20.9 Å². The van der Waals surface area contributed by atoms with Crippen LogP contribution in [0.25, 0.3) is 0 Å². The largest absolute Gasteiger partial charge is 0.486 e. The van der Waals surface area contributed by atoms with Crippen molar-refractivity contribution in [1.29, 1.82) is 0 Å². The van der Waals surface area contributed by atoms with E-state index in [-0.39, 0.29) is 41.7 Å². The zero-order valence-corrected chi connectivity index (χ0v) is 17.6. The Balaban J connectivity index is 1.75. The predicted molar refractivity (Wildman–Crippen MR) is 110 cm³/mol. The molecule has 1 heterocycles. The summed E-state index contributed by atoms with van der Waals surface area (Å²) >= 11 is 0. The van der Waals surface area contributed by atoms with Gasteiger partial charge in [0.05, 0.1) is 18.1 Å². The Labute approximate surface area is 171 Å². The zero-order valence-electron chi connectivity index (χ0n) is 16.8. The van der Waals surface area contributed by atoms with E-state index in [9.17, 15) is 17.6 Å². The van der Waals surface area contributed by atoms with Crippen LogP contribution in [0.3, 0.4) is 0 Å². The quantitative estimate of drug-likeness (QED) is 0.397. The second kappa shape index (κ2) is 11.0. The molecule has 2 unspecified atom stereocenters. The minimum absolute atomic E-state index is 0.0101. The minimum Gasteiger partial charge on any atom is -0.486 e. The van der Waals surface area contributed by atoms with Gasteiger partial charge >= 0.3 is 0 Å². The third kappa shape index (κ3) is 8.26. The number of carbonyl (C=O) groups is 1. The maximum atomic E-state index is 13.6. The standard InChI is InChI=1S/C19H29FN4O4S/c1-3-21-19(23-12-14(2)28-17-7-5-4-6-16(17)20)22-10-8-18(25)24-15-9-11-29(26,27)13-15/h4-7,14-15H,3,8-13H2,1-2H3,(H,24,25)(H2,21,22,23). The normalized spacial score (nSPS) is 19.4. The Bertz CT molecular complexity index is 816. The van der Waals surface area contributed by atoms with E-state index in [1.807, 2.05) is 6.92 Å². The molecule has 3 N–H and O–H groups in total.